The fourth-order valence-electron chi connectivity index (χ4n) is 9.64. The molecule has 2 heterocycles. The summed E-state index contributed by atoms with van der Waals surface area (Å²) < 4.78 is 5.39. The molecule has 4 amide bonds. The number of nitrogens with one attached hydrogen (secondary N) is 2. The summed E-state index contributed by atoms with van der Waals surface area (Å²) in [5.74, 6) is -4.48. The van der Waals surface area contributed by atoms with Crippen LogP contribution in [-0.4, -0.2) is 40.9 Å². The number of fused-ring (bicyclic) bond motifs is 4. The average Bonchev–Trinajstić information content (AvgIpc) is 3.63. The van der Waals surface area contributed by atoms with Gasteiger partial charge < -0.3 is 15.2 Å². The topological polar surface area (TPSA) is 128 Å². The van der Waals surface area contributed by atoms with Crippen molar-refractivity contribution in [1.82, 2.24) is 5.01 Å². The third-order valence-corrected chi connectivity index (χ3v) is 12.3. The zero-order chi connectivity index (χ0) is 40.1. The van der Waals surface area contributed by atoms with Crippen LogP contribution in [0.1, 0.15) is 29.5 Å². The van der Waals surface area contributed by atoms with E-state index in [1.165, 1.54) is 12.0 Å². The van der Waals surface area contributed by atoms with Gasteiger partial charge in [-0.2, -0.15) is 5.01 Å². The number of anilines is 4. The van der Waals surface area contributed by atoms with Crippen molar-refractivity contribution in [2.24, 2.45) is 29.6 Å². The number of nitrogens with zero attached hydrogens (tertiary/aromatic N) is 2. The molecular weight excluding hydrogens is 729 g/mol. The number of carbonyl (C=O) groups excluding carboxylic acids is 4. The number of hydrazine groups is 1. The van der Waals surface area contributed by atoms with E-state index in [2.05, 4.69) is 10.7 Å². The molecule has 6 unspecified atom stereocenters. The summed E-state index contributed by atoms with van der Waals surface area (Å²) in [6.07, 6.45) is 6.36. The van der Waals surface area contributed by atoms with Gasteiger partial charge in [-0.05, 0) is 97.5 Å². The number of hydrogen-bond acceptors (Lipinski definition) is 8. The molecule has 10 nitrogen and oxygen atoms in total. The molecule has 0 bridgehead atoms. The average molecular weight is 771 g/mol. The molecule has 3 N–H and O–H groups in total. The van der Waals surface area contributed by atoms with Crippen LogP contribution in [0.4, 0.5) is 22.7 Å². The van der Waals surface area contributed by atoms with Gasteiger partial charge in [-0.3, -0.25) is 29.5 Å². The number of para-hydroxylation sites is 1. The summed E-state index contributed by atoms with van der Waals surface area (Å²) in [5, 5.41) is 14.8. The van der Waals surface area contributed by atoms with Crippen molar-refractivity contribution in [3.63, 3.8) is 0 Å². The highest BCUT2D eigenvalue weighted by Crippen LogP contribution is 2.61. The van der Waals surface area contributed by atoms with Gasteiger partial charge in [0.1, 0.15) is 0 Å². The van der Waals surface area contributed by atoms with Crippen molar-refractivity contribution in [3.8, 4) is 11.5 Å². The molecule has 58 heavy (non-hydrogen) atoms. The molecule has 0 aromatic heterocycles. The largest absolute Gasteiger partial charge is 0.504 e. The number of aromatic hydroxyl groups is 1. The zero-order valence-electron chi connectivity index (χ0n) is 32.0. The summed E-state index contributed by atoms with van der Waals surface area (Å²) in [4.78, 5) is 60.5. The first-order valence-corrected chi connectivity index (χ1v) is 19.5. The highest BCUT2D eigenvalue weighted by Gasteiger charge is 2.69. The third kappa shape index (κ3) is 5.95. The van der Waals surface area contributed by atoms with Gasteiger partial charge in [-0.15, -0.1) is 0 Å². The second-order valence-corrected chi connectivity index (χ2v) is 15.5. The van der Waals surface area contributed by atoms with Gasteiger partial charge in [0.05, 0.1) is 41.7 Å². The minimum Gasteiger partial charge on any atom is -0.504 e. The maximum atomic E-state index is 15.3. The molecule has 4 aliphatic rings. The highest BCUT2D eigenvalue weighted by molar-refractivity contribution is 6.22. The number of amides is 4. The Morgan fingerprint density at radius 1 is 0.759 bits per heavy atom. The van der Waals surface area contributed by atoms with Gasteiger partial charge >= 0.3 is 0 Å². The Hall–Kier alpha value is -6.94. The first-order chi connectivity index (χ1) is 28.2. The van der Waals surface area contributed by atoms with Crippen LogP contribution in [-0.2, 0) is 24.6 Å². The molecule has 1 saturated carbocycles. The predicted molar refractivity (Wildman–Crippen MR) is 222 cm³/mol. The predicted octanol–water partition coefficient (Wildman–Crippen LogP) is 8.19. The smallest absolute Gasteiger partial charge is 0.260 e. The quantitative estimate of drug-likeness (QED) is 0.101. The number of aryl methyl sites for hydroxylation is 1. The SMILES string of the molecule is COc1cc(C=CC2C3=CCC4C(=O)N(c5ccc(Nc6ccccc6)cc5)C(=O)C4C3CC3C(=O)N(Nc4ccc(C)cc4)C(=O)C23c2ccccc2)ccc1O. The number of phenols is 1. The molecule has 9 rings (SSSR count). The number of carbonyl (C=O) groups is 4. The molecule has 290 valence electrons. The maximum absolute atomic E-state index is 15.3. The van der Waals surface area contributed by atoms with Crippen molar-refractivity contribution in [2.75, 3.05) is 22.8 Å². The number of benzene rings is 5. The van der Waals surface area contributed by atoms with Crippen LogP contribution in [0, 0.1) is 36.5 Å². The summed E-state index contributed by atoms with van der Waals surface area (Å²) in [7, 11) is 1.48. The molecule has 6 atom stereocenters. The lowest BCUT2D eigenvalue weighted by atomic mass is 9.50. The standard InChI is InChI=1S/C48H42N4O6/c1-29-13-17-34(18-14-29)50-52-45(55)40-28-38-36(39(25-15-30-16-26-41(53)42(27-30)58-2)48(40,47(52)57)31-9-5-3-6-10-31)23-24-37-43(38)46(56)51(44(37)54)35-21-19-33(20-22-35)49-32-11-7-4-8-12-32/h3-23,25-27,37-40,43,49-50,53H,24,28H2,1-2H3. The molecule has 2 saturated heterocycles. The van der Waals surface area contributed by atoms with Crippen LogP contribution in [0.3, 0.4) is 0 Å². The number of methoxy groups -OCH3 is 1. The molecule has 5 aromatic carbocycles. The summed E-state index contributed by atoms with van der Waals surface area (Å²) in [6, 6.07) is 38.9. The summed E-state index contributed by atoms with van der Waals surface area (Å²) in [5.41, 5.74) is 7.84. The second-order valence-electron chi connectivity index (χ2n) is 15.5. The van der Waals surface area contributed by atoms with Gasteiger partial charge in [0.25, 0.3) is 11.8 Å². The Kier molecular flexibility index (Phi) is 9.19. The van der Waals surface area contributed by atoms with E-state index in [1.807, 2.05) is 122 Å². The fraction of sp³-hybridized carbons (Fsp3) is 0.208. The van der Waals surface area contributed by atoms with Crippen molar-refractivity contribution in [2.45, 2.75) is 25.2 Å². The molecule has 0 radical (unpaired) electrons. The van der Waals surface area contributed by atoms with Crippen molar-refractivity contribution >= 4 is 52.5 Å². The van der Waals surface area contributed by atoms with E-state index in [1.54, 1.807) is 30.3 Å². The van der Waals surface area contributed by atoms with Crippen LogP contribution in [0.5, 0.6) is 11.5 Å². The third-order valence-electron chi connectivity index (χ3n) is 12.3. The Bertz CT molecular complexity index is 2480. The summed E-state index contributed by atoms with van der Waals surface area (Å²) >= 11 is 0. The Morgan fingerprint density at radius 3 is 2.14 bits per heavy atom. The van der Waals surface area contributed by atoms with E-state index in [9.17, 15) is 19.5 Å². The monoisotopic (exact) mass is 770 g/mol. The van der Waals surface area contributed by atoms with Crippen LogP contribution in [0.25, 0.3) is 6.08 Å². The van der Waals surface area contributed by atoms with E-state index in [4.69, 9.17) is 4.74 Å². The number of imide groups is 2. The van der Waals surface area contributed by atoms with E-state index in [-0.39, 0.29) is 24.0 Å². The van der Waals surface area contributed by atoms with Gasteiger partial charge in [-0.25, -0.2) is 0 Å². The van der Waals surface area contributed by atoms with Crippen LogP contribution in [0.2, 0.25) is 0 Å². The lowest BCUT2D eigenvalue weighted by Gasteiger charge is -2.49. The van der Waals surface area contributed by atoms with E-state index in [0.717, 1.165) is 27.5 Å². The maximum Gasteiger partial charge on any atom is 0.260 e. The van der Waals surface area contributed by atoms with Gasteiger partial charge in [0, 0.05) is 17.3 Å². The normalized spacial score (nSPS) is 25.0. The number of phenolic OH excluding ortho intramolecular Hbond substituents is 1. The lowest BCUT2D eigenvalue weighted by Crippen LogP contribution is -2.54. The van der Waals surface area contributed by atoms with Gasteiger partial charge in [-0.1, -0.05) is 96.1 Å². The van der Waals surface area contributed by atoms with E-state index >= 15 is 4.79 Å². The van der Waals surface area contributed by atoms with Crippen molar-refractivity contribution in [3.05, 3.63) is 162 Å². The molecule has 2 aliphatic carbocycles. The zero-order valence-corrected chi connectivity index (χ0v) is 32.0. The fourth-order valence-corrected chi connectivity index (χ4v) is 9.64. The molecule has 5 aromatic rings. The lowest BCUT2D eigenvalue weighted by molar-refractivity contribution is -0.139. The molecule has 0 spiro atoms. The van der Waals surface area contributed by atoms with Gasteiger partial charge in [0.15, 0.2) is 11.5 Å². The van der Waals surface area contributed by atoms with Crippen LogP contribution in [0.15, 0.2) is 145 Å². The molecule has 3 fully saturated rings. The number of rotatable bonds is 9. The second kappa shape index (κ2) is 14.5. The minimum absolute atomic E-state index is 0.00955. The number of allylic oxidation sites excluding steroid dienone is 3. The number of hydrogen-bond donors (Lipinski definition) is 3. The first-order valence-electron chi connectivity index (χ1n) is 19.5. The van der Waals surface area contributed by atoms with Crippen LogP contribution < -0.4 is 20.4 Å². The summed E-state index contributed by atoms with van der Waals surface area (Å²) in [6.45, 7) is 1.96. The molecule has 2 aliphatic heterocycles. The molecular formula is C48H42N4O6. The first kappa shape index (κ1) is 36.7. The van der Waals surface area contributed by atoms with Crippen molar-refractivity contribution < 1.29 is 29.0 Å². The van der Waals surface area contributed by atoms with Crippen molar-refractivity contribution in [1.29, 1.82) is 0 Å². The van der Waals surface area contributed by atoms with Crippen LogP contribution >= 0.6 is 0 Å². The molecule has 10 heteroatoms. The Morgan fingerprint density at radius 2 is 1.43 bits per heavy atom. The minimum atomic E-state index is -1.38. The van der Waals surface area contributed by atoms with E-state index < -0.39 is 46.8 Å². The Labute approximate surface area is 336 Å². The number of ether oxygens (including phenoxy) is 1. The Balaban J connectivity index is 1.13. The van der Waals surface area contributed by atoms with E-state index in [0.29, 0.717) is 34.7 Å². The van der Waals surface area contributed by atoms with Gasteiger partial charge in [0.2, 0.25) is 11.8 Å². The highest BCUT2D eigenvalue weighted by atomic mass is 16.5.